The van der Waals surface area contributed by atoms with Crippen LogP contribution < -0.4 is 10.2 Å². The number of nitrogens with zero attached hydrogens (tertiary/aromatic N) is 4. The van der Waals surface area contributed by atoms with Gasteiger partial charge in [-0.2, -0.15) is 18.4 Å². The SMILES string of the molecule is CNC(=O)C1CN(C(=O)c2ccc3nc[nH]c3c2)CCN1c1ccc(C#N)c(C(F)(F)F)c1. The number of imidazole rings is 1. The van der Waals surface area contributed by atoms with E-state index in [1.54, 1.807) is 24.3 Å². The van der Waals surface area contributed by atoms with Crippen LogP contribution in [-0.2, 0) is 11.0 Å². The van der Waals surface area contributed by atoms with Gasteiger partial charge in [0.1, 0.15) is 6.04 Å². The Kier molecular flexibility index (Phi) is 5.68. The predicted octanol–water partition coefficient (Wildman–Crippen LogP) is 2.53. The summed E-state index contributed by atoms with van der Waals surface area (Å²) in [5, 5.41) is 11.6. The van der Waals surface area contributed by atoms with Crippen LogP contribution in [0.2, 0.25) is 0 Å². The minimum Gasteiger partial charge on any atom is -0.357 e. The number of anilines is 1. The molecule has 2 amide bonds. The quantitative estimate of drug-likeness (QED) is 0.630. The van der Waals surface area contributed by atoms with Gasteiger partial charge < -0.3 is 20.1 Å². The lowest BCUT2D eigenvalue weighted by Gasteiger charge is -2.42. The van der Waals surface area contributed by atoms with E-state index >= 15 is 0 Å². The number of likely N-dealkylation sites (N-methyl/N-ethyl adjacent to an activating group) is 1. The molecule has 2 aromatic carbocycles. The lowest BCUT2D eigenvalue weighted by atomic mass is 10.0. The number of fused-ring (bicyclic) bond motifs is 1. The van der Waals surface area contributed by atoms with Gasteiger partial charge in [-0.05, 0) is 36.4 Å². The van der Waals surface area contributed by atoms with E-state index in [9.17, 15) is 22.8 Å². The lowest BCUT2D eigenvalue weighted by Crippen LogP contribution is -2.60. The number of piperazine rings is 1. The standard InChI is InChI=1S/C22H19F3N6O2/c1-27-20(32)19-11-30(21(33)13-3-5-17-18(8-13)29-12-28-17)6-7-31(19)15-4-2-14(10-26)16(9-15)22(23,24)25/h2-5,8-9,12,19H,6-7,11H2,1H3,(H,27,32)(H,28,29). The van der Waals surface area contributed by atoms with Crippen molar-refractivity contribution in [2.24, 2.45) is 0 Å². The third-order valence-electron chi connectivity index (χ3n) is 5.64. The van der Waals surface area contributed by atoms with Crippen molar-refractivity contribution < 1.29 is 22.8 Å². The molecule has 1 unspecified atom stereocenters. The van der Waals surface area contributed by atoms with Gasteiger partial charge in [-0.25, -0.2) is 4.98 Å². The van der Waals surface area contributed by atoms with Gasteiger partial charge in [0, 0.05) is 31.4 Å². The van der Waals surface area contributed by atoms with Crippen LogP contribution in [-0.4, -0.2) is 59.4 Å². The molecule has 0 bridgehead atoms. The molecule has 2 heterocycles. The largest absolute Gasteiger partial charge is 0.417 e. The first-order valence-corrected chi connectivity index (χ1v) is 10.0. The molecule has 0 aliphatic carbocycles. The lowest BCUT2D eigenvalue weighted by molar-refractivity contribution is -0.137. The van der Waals surface area contributed by atoms with Crippen molar-refractivity contribution in [2.45, 2.75) is 12.2 Å². The molecule has 1 aliphatic rings. The average Bonchev–Trinajstić information content (AvgIpc) is 3.29. The Morgan fingerprint density at radius 2 is 2.00 bits per heavy atom. The number of carbonyl (C=O) groups excluding carboxylic acids is 2. The van der Waals surface area contributed by atoms with Crippen molar-refractivity contribution in [3.63, 3.8) is 0 Å². The second-order valence-electron chi connectivity index (χ2n) is 7.55. The number of H-pyrrole nitrogens is 1. The summed E-state index contributed by atoms with van der Waals surface area (Å²) in [5.41, 5.74) is 0.408. The summed E-state index contributed by atoms with van der Waals surface area (Å²) >= 11 is 0. The van der Waals surface area contributed by atoms with Crippen molar-refractivity contribution in [1.29, 1.82) is 5.26 Å². The molecular weight excluding hydrogens is 437 g/mol. The predicted molar refractivity (Wildman–Crippen MR) is 113 cm³/mol. The number of halogens is 3. The number of nitrogens with one attached hydrogen (secondary N) is 2. The highest BCUT2D eigenvalue weighted by Crippen LogP contribution is 2.35. The van der Waals surface area contributed by atoms with Crippen LogP contribution in [0.4, 0.5) is 18.9 Å². The zero-order valence-corrected chi connectivity index (χ0v) is 17.5. The molecule has 170 valence electrons. The van der Waals surface area contributed by atoms with Gasteiger partial charge in [0.25, 0.3) is 5.91 Å². The minimum absolute atomic E-state index is 0.0130. The minimum atomic E-state index is -4.72. The van der Waals surface area contributed by atoms with Crippen LogP contribution in [0.25, 0.3) is 11.0 Å². The molecule has 0 saturated carbocycles. The molecule has 3 aromatic rings. The number of hydrogen-bond donors (Lipinski definition) is 2. The van der Waals surface area contributed by atoms with Crippen LogP contribution >= 0.6 is 0 Å². The summed E-state index contributed by atoms with van der Waals surface area (Å²) in [6, 6.07) is 9.01. The van der Waals surface area contributed by atoms with E-state index in [0.29, 0.717) is 16.6 Å². The van der Waals surface area contributed by atoms with E-state index in [4.69, 9.17) is 5.26 Å². The summed E-state index contributed by atoms with van der Waals surface area (Å²) in [7, 11) is 1.42. The number of hydrogen-bond acceptors (Lipinski definition) is 5. The van der Waals surface area contributed by atoms with Crippen molar-refractivity contribution in [3.8, 4) is 6.07 Å². The van der Waals surface area contributed by atoms with Gasteiger partial charge in [0.2, 0.25) is 5.91 Å². The molecular formula is C22H19F3N6O2. The van der Waals surface area contributed by atoms with Crippen LogP contribution in [0.15, 0.2) is 42.7 Å². The topological polar surface area (TPSA) is 105 Å². The molecule has 1 atom stereocenters. The summed E-state index contributed by atoms with van der Waals surface area (Å²) in [4.78, 5) is 35.8. The van der Waals surface area contributed by atoms with E-state index in [1.165, 1.54) is 29.2 Å². The van der Waals surface area contributed by atoms with Gasteiger partial charge in [0.05, 0.1) is 41.1 Å². The zero-order valence-electron chi connectivity index (χ0n) is 17.5. The first-order valence-electron chi connectivity index (χ1n) is 10.0. The molecule has 11 heteroatoms. The number of alkyl halides is 3. The monoisotopic (exact) mass is 456 g/mol. The Labute approximate surface area is 186 Å². The van der Waals surface area contributed by atoms with Crippen molar-refractivity contribution in [1.82, 2.24) is 20.2 Å². The Morgan fingerprint density at radius 3 is 2.70 bits per heavy atom. The number of nitriles is 1. The fraction of sp³-hybridized carbons (Fsp3) is 0.273. The van der Waals surface area contributed by atoms with Gasteiger partial charge in [-0.3, -0.25) is 9.59 Å². The van der Waals surface area contributed by atoms with Crippen molar-refractivity contribution >= 4 is 28.5 Å². The maximum atomic E-state index is 13.4. The maximum absolute atomic E-state index is 13.4. The summed E-state index contributed by atoms with van der Waals surface area (Å²) < 4.78 is 40.3. The van der Waals surface area contributed by atoms with Gasteiger partial charge in [0.15, 0.2) is 0 Å². The van der Waals surface area contributed by atoms with Crippen molar-refractivity contribution in [3.05, 3.63) is 59.4 Å². The van der Waals surface area contributed by atoms with E-state index in [2.05, 4.69) is 15.3 Å². The smallest absolute Gasteiger partial charge is 0.357 e. The van der Waals surface area contributed by atoms with Crippen LogP contribution in [0.3, 0.4) is 0 Å². The van der Waals surface area contributed by atoms with E-state index in [1.807, 2.05) is 0 Å². The van der Waals surface area contributed by atoms with Gasteiger partial charge >= 0.3 is 6.18 Å². The highest BCUT2D eigenvalue weighted by atomic mass is 19.4. The fourth-order valence-corrected chi connectivity index (χ4v) is 3.96. The third-order valence-corrected chi connectivity index (χ3v) is 5.64. The Bertz CT molecular complexity index is 1260. The molecule has 1 fully saturated rings. The van der Waals surface area contributed by atoms with E-state index in [-0.39, 0.29) is 31.2 Å². The number of amides is 2. The zero-order chi connectivity index (χ0) is 23.8. The van der Waals surface area contributed by atoms with E-state index < -0.39 is 29.3 Å². The molecule has 1 aliphatic heterocycles. The van der Waals surface area contributed by atoms with Gasteiger partial charge in [-0.1, -0.05) is 0 Å². The molecule has 1 saturated heterocycles. The van der Waals surface area contributed by atoms with Crippen LogP contribution in [0, 0.1) is 11.3 Å². The van der Waals surface area contributed by atoms with Crippen molar-refractivity contribution in [2.75, 3.05) is 31.6 Å². The Hall–Kier alpha value is -4.07. The Morgan fingerprint density at radius 1 is 1.21 bits per heavy atom. The number of aromatic nitrogens is 2. The molecule has 0 radical (unpaired) electrons. The summed E-state index contributed by atoms with van der Waals surface area (Å²) in [5.74, 6) is -0.731. The van der Waals surface area contributed by atoms with Gasteiger partial charge in [-0.15, -0.1) is 0 Å². The summed E-state index contributed by atoms with van der Waals surface area (Å²) in [6.07, 6.45) is -3.20. The number of aromatic amines is 1. The maximum Gasteiger partial charge on any atom is 0.417 e. The molecule has 33 heavy (non-hydrogen) atoms. The molecule has 4 rings (SSSR count). The Balaban J connectivity index is 1.63. The number of rotatable bonds is 3. The second-order valence-corrected chi connectivity index (χ2v) is 7.55. The second kappa shape index (κ2) is 8.46. The number of benzene rings is 2. The number of carbonyl (C=O) groups is 2. The first kappa shape index (κ1) is 22.1. The molecule has 1 aromatic heterocycles. The highest BCUT2D eigenvalue weighted by Gasteiger charge is 2.37. The summed E-state index contributed by atoms with van der Waals surface area (Å²) in [6.45, 7) is 0.328. The van der Waals surface area contributed by atoms with E-state index in [0.717, 1.165) is 12.1 Å². The highest BCUT2D eigenvalue weighted by molar-refractivity contribution is 5.98. The average molecular weight is 456 g/mol. The molecule has 2 N–H and O–H groups in total. The molecule has 8 nitrogen and oxygen atoms in total. The first-order chi connectivity index (χ1) is 15.7. The molecule has 0 spiro atoms. The normalized spacial score (nSPS) is 16.5. The van der Waals surface area contributed by atoms with Crippen LogP contribution in [0.1, 0.15) is 21.5 Å². The third kappa shape index (κ3) is 4.19. The fourth-order valence-electron chi connectivity index (χ4n) is 3.96. The van der Waals surface area contributed by atoms with Crippen LogP contribution in [0.5, 0.6) is 0 Å².